The molecule has 0 aliphatic rings. The first-order valence-corrected chi connectivity index (χ1v) is 12.8. The number of anilines is 4. The molecule has 4 N–H and O–H groups in total. The average molecular weight is 525 g/mol. The number of rotatable bonds is 10. The Morgan fingerprint density at radius 2 is 0.769 bits per heavy atom. The number of carbonyl (C=O) groups excluding carboxylic acids is 2. The van der Waals surface area contributed by atoms with Gasteiger partial charge in [0.15, 0.2) is 0 Å². The Bertz CT molecular complexity index is 1250. The molecule has 0 aliphatic heterocycles. The molecule has 200 valence electrons. The molecule has 0 heterocycles. The maximum Gasteiger partial charge on any atom is 0.323 e. The van der Waals surface area contributed by atoms with E-state index in [-0.39, 0.29) is 12.1 Å². The maximum atomic E-state index is 12.3. The van der Waals surface area contributed by atoms with Gasteiger partial charge in [-0.2, -0.15) is 0 Å². The zero-order valence-electron chi connectivity index (χ0n) is 22.0. The standard InChI is InChI=1S/C31H32N4O4/c1-3-38-28-17-13-26(14-18-28)34-30(36)32-24-9-5-22(6-10-24)21-23-7-11-25(12-8-23)33-31(37)35-27-15-19-29(20-16-27)39-4-2/h5-20H,3-4,21H2,1-2H3,(H2,32,34,36)(H2,33,35,37). The van der Waals surface area contributed by atoms with Gasteiger partial charge in [-0.15, -0.1) is 0 Å². The Hall–Kier alpha value is -4.98. The summed E-state index contributed by atoms with van der Waals surface area (Å²) in [6.45, 7) is 5.04. The quantitative estimate of drug-likeness (QED) is 0.174. The van der Waals surface area contributed by atoms with Gasteiger partial charge in [0, 0.05) is 22.7 Å². The van der Waals surface area contributed by atoms with Crippen LogP contribution in [0.3, 0.4) is 0 Å². The zero-order valence-corrected chi connectivity index (χ0v) is 22.0. The van der Waals surface area contributed by atoms with Gasteiger partial charge in [0.25, 0.3) is 0 Å². The largest absolute Gasteiger partial charge is 0.494 e. The molecule has 0 unspecified atom stereocenters. The van der Waals surface area contributed by atoms with Crippen LogP contribution in [0.15, 0.2) is 97.1 Å². The van der Waals surface area contributed by atoms with E-state index in [1.165, 1.54) is 0 Å². The van der Waals surface area contributed by atoms with Gasteiger partial charge in [0.2, 0.25) is 0 Å². The second-order valence-corrected chi connectivity index (χ2v) is 8.64. The first kappa shape index (κ1) is 27.1. The van der Waals surface area contributed by atoms with Gasteiger partial charge >= 0.3 is 12.1 Å². The van der Waals surface area contributed by atoms with Gasteiger partial charge in [-0.3, -0.25) is 0 Å². The van der Waals surface area contributed by atoms with Gasteiger partial charge in [-0.1, -0.05) is 24.3 Å². The number of urea groups is 2. The van der Waals surface area contributed by atoms with E-state index in [9.17, 15) is 9.59 Å². The summed E-state index contributed by atoms with van der Waals surface area (Å²) in [6.07, 6.45) is 0.720. The monoisotopic (exact) mass is 524 g/mol. The summed E-state index contributed by atoms with van der Waals surface area (Å²) < 4.78 is 10.8. The van der Waals surface area contributed by atoms with Crippen LogP contribution in [0.5, 0.6) is 11.5 Å². The molecule has 4 amide bonds. The highest BCUT2D eigenvalue weighted by atomic mass is 16.5. The highest BCUT2D eigenvalue weighted by molar-refractivity contribution is 6.00. The predicted octanol–water partition coefficient (Wildman–Crippen LogP) is 7.36. The lowest BCUT2D eigenvalue weighted by Crippen LogP contribution is -2.19. The summed E-state index contributed by atoms with van der Waals surface area (Å²) in [5.41, 5.74) is 4.95. The normalized spacial score (nSPS) is 10.3. The first-order valence-electron chi connectivity index (χ1n) is 12.8. The fraction of sp³-hybridized carbons (Fsp3) is 0.161. The summed E-state index contributed by atoms with van der Waals surface area (Å²) in [6, 6.07) is 29.2. The van der Waals surface area contributed by atoms with Gasteiger partial charge in [-0.05, 0) is 104 Å². The molecule has 0 aliphatic carbocycles. The third kappa shape index (κ3) is 8.53. The van der Waals surface area contributed by atoms with Crippen molar-refractivity contribution < 1.29 is 19.1 Å². The van der Waals surface area contributed by atoms with Crippen molar-refractivity contribution in [2.75, 3.05) is 34.5 Å². The minimum absolute atomic E-state index is 0.318. The lowest BCUT2D eigenvalue weighted by atomic mass is 10.0. The Balaban J connectivity index is 1.23. The highest BCUT2D eigenvalue weighted by Crippen LogP contribution is 2.19. The Morgan fingerprint density at radius 3 is 1.05 bits per heavy atom. The summed E-state index contributed by atoms with van der Waals surface area (Å²) in [5.74, 6) is 1.52. The van der Waals surface area contributed by atoms with Crippen molar-refractivity contribution >= 4 is 34.8 Å². The molecule has 0 radical (unpaired) electrons. The molecule has 4 aromatic carbocycles. The molecule has 39 heavy (non-hydrogen) atoms. The van der Waals surface area contributed by atoms with E-state index in [1.54, 1.807) is 24.3 Å². The van der Waals surface area contributed by atoms with Crippen molar-refractivity contribution in [2.24, 2.45) is 0 Å². The van der Waals surface area contributed by atoms with E-state index in [1.807, 2.05) is 86.6 Å². The Labute approximate surface area is 228 Å². The van der Waals surface area contributed by atoms with Crippen molar-refractivity contribution in [3.8, 4) is 11.5 Å². The molecule has 0 saturated carbocycles. The predicted molar refractivity (Wildman–Crippen MR) is 156 cm³/mol. The number of nitrogens with one attached hydrogen (secondary N) is 4. The molecule has 8 nitrogen and oxygen atoms in total. The summed E-state index contributed by atoms with van der Waals surface area (Å²) in [5, 5.41) is 11.3. The van der Waals surface area contributed by atoms with Crippen LogP contribution >= 0.6 is 0 Å². The van der Waals surface area contributed by atoms with E-state index in [4.69, 9.17) is 9.47 Å². The van der Waals surface area contributed by atoms with Crippen LogP contribution in [0.25, 0.3) is 0 Å². The van der Waals surface area contributed by atoms with Gasteiger partial charge in [-0.25, -0.2) is 9.59 Å². The average Bonchev–Trinajstić information content (AvgIpc) is 2.93. The lowest BCUT2D eigenvalue weighted by Gasteiger charge is -2.10. The topological polar surface area (TPSA) is 101 Å². The van der Waals surface area contributed by atoms with E-state index < -0.39 is 0 Å². The third-order valence-electron chi connectivity index (χ3n) is 5.68. The van der Waals surface area contributed by atoms with Gasteiger partial charge < -0.3 is 30.7 Å². The summed E-state index contributed by atoms with van der Waals surface area (Å²) >= 11 is 0. The van der Waals surface area contributed by atoms with E-state index in [0.29, 0.717) is 36.0 Å². The van der Waals surface area contributed by atoms with Gasteiger partial charge in [0.05, 0.1) is 13.2 Å². The van der Waals surface area contributed by atoms with Crippen LogP contribution in [0.2, 0.25) is 0 Å². The summed E-state index contributed by atoms with van der Waals surface area (Å²) in [4.78, 5) is 24.6. The molecule has 0 aromatic heterocycles. The van der Waals surface area contributed by atoms with Crippen molar-refractivity contribution in [2.45, 2.75) is 20.3 Å². The first-order chi connectivity index (χ1) is 19.0. The molecule has 0 atom stereocenters. The SMILES string of the molecule is CCOc1ccc(NC(=O)Nc2ccc(Cc3ccc(NC(=O)Nc4ccc(OCC)cc4)cc3)cc2)cc1. The lowest BCUT2D eigenvalue weighted by molar-refractivity contribution is 0.261. The van der Waals surface area contributed by atoms with Crippen LogP contribution in [0.1, 0.15) is 25.0 Å². The number of carbonyl (C=O) groups is 2. The highest BCUT2D eigenvalue weighted by Gasteiger charge is 2.06. The molecule has 8 heteroatoms. The maximum absolute atomic E-state index is 12.3. The third-order valence-corrected chi connectivity index (χ3v) is 5.68. The fourth-order valence-electron chi connectivity index (χ4n) is 3.84. The van der Waals surface area contributed by atoms with Gasteiger partial charge in [0.1, 0.15) is 11.5 Å². The minimum atomic E-state index is -0.318. The molecule has 4 aromatic rings. The number of benzene rings is 4. The van der Waals surface area contributed by atoms with E-state index in [0.717, 1.165) is 29.0 Å². The molecular formula is C31H32N4O4. The molecule has 0 bridgehead atoms. The Morgan fingerprint density at radius 1 is 0.487 bits per heavy atom. The second-order valence-electron chi connectivity index (χ2n) is 8.64. The van der Waals surface area contributed by atoms with Crippen LogP contribution < -0.4 is 30.7 Å². The zero-order chi connectivity index (χ0) is 27.5. The second kappa shape index (κ2) is 13.5. The van der Waals surface area contributed by atoms with E-state index >= 15 is 0 Å². The molecule has 0 spiro atoms. The van der Waals surface area contributed by atoms with E-state index in [2.05, 4.69) is 21.3 Å². The molecule has 0 saturated heterocycles. The Kier molecular flexibility index (Phi) is 9.39. The fourth-order valence-corrected chi connectivity index (χ4v) is 3.84. The smallest absolute Gasteiger partial charge is 0.323 e. The molecule has 4 rings (SSSR count). The number of hydrogen-bond donors (Lipinski definition) is 4. The van der Waals surface area contributed by atoms with Crippen molar-refractivity contribution in [3.05, 3.63) is 108 Å². The number of hydrogen-bond acceptors (Lipinski definition) is 4. The van der Waals surface area contributed by atoms with Crippen LogP contribution in [-0.4, -0.2) is 25.3 Å². The minimum Gasteiger partial charge on any atom is -0.494 e. The number of ether oxygens (including phenoxy) is 2. The number of amides is 4. The molecular weight excluding hydrogens is 492 g/mol. The van der Waals surface area contributed by atoms with Crippen molar-refractivity contribution in [1.29, 1.82) is 0 Å². The molecule has 0 fully saturated rings. The van der Waals surface area contributed by atoms with Crippen LogP contribution in [0.4, 0.5) is 32.3 Å². The summed E-state index contributed by atoms with van der Waals surface area (Å²) in [7, 11) is 0. The van der Waals surface area contributed by atoms with Crippen LogP contribution in [0, 0.1) is 0 Å². The van der Waals surface area contributed by atoms with Crippen molar-refractivity contribution in [3.63, 3.8) is 0 Å². The van der Waals surface area contributed by atoms with Crippen molar-refractivity contribution in [1.82, 2.24) is 0 Å². The van der Waals surface area contributed by atoms with Crippen LogP contribution in [-0.2, 0) is 6.42 Å².